The van der Waals surface area contributed by atoms with Crippen LogP contribution in [-0.2, 0) is 30.5 Å². The first kappa shape index (κ1) is 33.0. The van der Waals surface area contributed by atoms with Crippen LogP contribution in [0.25, 0.3) is 0 Å². The number of fused-ring (bicyclic) bond motifs is 1. The highest BCUT2D eigenvalue weighted by Gasteiger charge is 2.55. The van der Waals surface area contributed by atoms with Crippen molar-refractivity contribution in [2.24, 2.45) is 0 Å². The zero-order valence-corrected chi connectivity index (χ0v) is 27.5. The minimum atomic E-state index is -4.49. The summed E-state index contributed by atoms with van der Waals surface area (Å²) in [6, 6.07) is 17.3. The Morgan fingerprint density at radius 3 is 2.51 bits per heavy atom. The first-order valence-corrected chi connectivity index (χ1v) is 16.9. The summed E-state index contributed by atoms with van der Waals surface area (Å²) in [5, 5.41) is 9.71. The highest BCUT2D eigenvalue weighted by Crippen LogP contribution is 2.48. The number of hydrogen-bond acceptors (Lipinski definition) is 9. The number of hydrogen-bond donors (Lipinski definition) is 0. The molecule has 258 valence electrons. The molecule has 0 unspecified atom stereocenters. The lowest BCUT2D eigenvalue weighted by atomic mass is 10.0. The number of carbonyl (C=O) groups is 1. The lowest BCUT2D eigenvalue weighted by molar-refractivity contribution is -0.137. The smallest absolute Gasteiger partial charge is 0.418 e. The van der Waals surface area contributed by atoms with Gasteiger partial charge in [-0.3, -0.25) is 4.90 Å². The van der Waals surface area contributed by atoms with Crippen LogP contribution in [0.1, 0.15) is 54.5 Å². The Morgan fingerprint density at radius 2 is 1.80 bits per heavy atom. The summed E-state index contributed by atoms with van der Waals surface area (Å²) in [5.41, 5.74) is 1.40. The van der Waals surface area contributed by atoms with E-state index in [0.29, 0.717) is 44.1 Å². The number of rotatable bonds is 8. The summed E-state index contributed by atoms with van der Waals surface area (Å²) in [6.45, 7) is 2.73. The van der Waals surface area contributed by atoms with E-state index in [-0.39, 0.29) is 37.3 Å². The second-order valence-electron chi connectivity index (χ2n) is 13.4. The van der Waals surface area contributed by atoms with E-state index < -0.39 is 29.5 Å². The van der Waals surface area contributed by atoms with Gasteiger partial charge in [0.2, 0.25) is 0 Å². The second kappa shape index (κ2) is 13.4. The van der Waals surface area contributed by atoms with Crippen molar-refractivity contribution < 1.29 is 27.4 Å². The summed E-state index contributed by atoms with van der Waals surface area (Å²) in [5.74, 6) is 0.652. The van der Waals surface area contributed by atoms with Crippen LogP contribution in [0.5, 0.6) is 6.01 Å². The van der Waals surface area contributed by atoms with Crippen molar-refractivity contribution in [1.82, 2.24) is 19.8 Å². The molecule has 0 N–H and O–H groups in total. The van der Waals surface area contributed by atoms with Crippen molar-refractivity contribution in [2.45, 2.75) is 75.5 Å². The van der Waals surface area contributed by atoms with Gasteiger partial charge in [-0.2, -0.15) is 28.4 Å². The molecule has 0 radical (unpaired) electrons. The number of ether oxygens (including phenoxy) is 2. The first-order chi connectivity index (χ1) is 23.6. The van der Waals surface area contributed by atoms with Gasteiger partial charge in [-0.1, -0.05) is 42.5 Å². The lowest BCUT2D eigenvalue weighted by Gasteiger charge is -2.42. The molecular weight excluding hydrogens is 635 g/mol. The number of amides is 1. The van der Waals surface area contributed by atoms with Gasteiger partial charge in [0.25, 0.3) is 0 Å². The lowest BCUT2D eigenvalue weighted by Crippen LogP contribution is -2.56. The zero-order chi connectivity index (χ0) is 34.2. The van der Waals surface area contributed by atoms with Crippen LogP contribution >= 0.6 is 0 Å². The Labute approximate surface area is 284 Å². The van der Waals surface area contributed by atoms with Gasteiger partial charge in [-0.15, -0.1) is 0 Å². The highest BCUT2D eigenvalue weighted by molar-refractivity contribution is 5.69. The number of likely N-dealkylation sites (N-methyl/N-ethyl adjacent to an activating group) is 1. The first-order valence-electron chi connectivity index (χ1n) is 16.9. The fourth-order valence-corrected chi connectivity index (χ4v) is 7.64. The van der Waals surface area contributed by atoms with E-state index in [1.54, 1.807) is 15.9 Å². The molecule has 3 fully saturated rings. The highest BCUT2D eigenvalue weighted by atomic mass is 19.4. The van der Waals surface area contributed by atoms with E-state index in [4.69, 9.17) is 19.4 Å². The normalized spacial score (nSPS) is 22.0. The fraction of sp³-hybridized carbons (Fsp3) is 0.500. The van der Waals surface area contributed by atoms with Crippen LogP contribution in [0.3, 0.4) is 0 Å². The van der Waals surface area contributed by atoms with Crippen molar-refractivity contribution >= 4 is 17.6 Å². The van der Waals surface area contributed by atoms with Crippen LogP contribution in [-0.4, -0.2) is 83.3 Å². The molecule has 3 aromatic rings. The van der Waals surface area contributed by atoms with Gasteiger partial charge in [0.1, 0.15) is 18.0 Å². The number of aromatic nitrogens is 2. The average molecular weight is 676 g/mol. The molecule has 7 rings (SSSR count). The maximum Gasteiger partial charge on any atom is 0.418 e. The number of piperazine rings is 1. The Hall–Kier alpha value is -4.57. The summed E-state index contributed by atoms with van der Waals surface area (Å²) in [6.07, 6.45) is -0.558. The third-order valence-electron chi connectivity index (χ3n) is 10.3. The number of para-hydroxylation sites is 1. The van der Waals surface area contributed by atoms with E-state index in [0.717, 1.165) is 49.4 Å². The molecule has 13 heteroatoms. The number of alkyl halides is 3. The van der Waals surface area contributed by atoms with E-state index in [1.165, 1.54) is 12.1 Å². The number of halogens is 3. The van der Waals surface area contributed by atoms with Gasteiger partial charge in [-0.25, -0.2) is 4.79 Å². The van der Waals surface area contributed by atoms with Crippen molar-refractivity contribution in [3.05, 3.63) is 77.0 Å². The molecule has 1 aromatic heterocycles. The zero-order valence-electron chi connectivity index (χ0n) is 27.5. The van der Waals surface area contributed by atoms with E-state index in [1.807, 2.05) is 30.3 Å². The van der Waals surface area contributed by atoms with Crippen molar-refractivity contribution in [3.63, 3.8) is 0 Å². The topological polar surface area (TPSA) is 98.1 Å². The molecule has 1 saturated carbocycles. The Morgan fingerprint density at radius 1 is 1.02 bits per heavy atom. The molecule has 2 saturated heterocycles. The molecule has 0 spiro atoms. The minimum Gasteiger partial charge on any atom is -0.455 e. The SMILES string of the molecule is CN1CCC[C@H]1C1(Oc2nc3c(c(N4CCN(C(=O)OCc5ccccc5)[C@@H](CC#N)C4)n2)CCN(c2ccccc2C(F)(F)F)C3)CC1. The maximum atomic E-state index is 14.0. The van der Waals surface area contributed by atoms with Gasteiger partial charge in [0, 0.05) is 43.5 Å². The summed E-state index contributed by atoms with van der Waals surface area (Å²) in [7, 11) is 2.11. The van der Waals surface area contributed by atoms with Gasteiger partial charge in [0.05, 0.1) is 36.3 Å². The molecule has 1 amide bonds. The quantitative estimate of drug-likeness (QED) is 0.293. The van der Waals surface area contributed by atoms with Crippen LogP contribution in [0.4, 0.5) is 29.5 Å². The molecule has 49 heavy (non-hydrogen) atoms. The molecule has 3 aliphatic heterocycles. The van der Waals surface area contributed by atoms with E-state index >= 15 is 0 Å². The van der Waals surface area contributed by atoms with Crippen LogP contribution in [0.15, 0.2) is 54.6 Å². The van der Waals surface area contributed by atoms with Crippen LogP contribution < -0.4 is 14.5 Å². The molecule has 1 aliphatic carbocycles. The predicted octanol–water partition coefficient (Wildman–Crippen LogP) is 5.80. The number of carbonyl (C=O) groups excluding carboxylic acids is 1. The molecule has 4 heterocycles. The number of likely N-dealkylation sites (tertiary alicyclic amines) is 1. The van der Waals surface area contributed by atoms with Gasteiger partial charge in [-0.05, 0) is 63.4 Å². The summed E-state index contributed by atoms with van der Waals surface area (Å²) >= 11 is 0. The second-order valence-corrected chi connectivity index (χ2v) is 13.4. The van der Waals surface area contributed by atoms with Crippen LogP contribution in [0, 0.1) is 11.3 Å². The monoisotopic (exact) mass is 675 g/mol. The van der Waals surface area contributed by atoms with Gasteiger partial charge < -0.3 is 24.2 Å². The number of anilines is 2. The average Bonchev–Trinajstić information content (AvgIpc) is 3.74. The van der Waals surface area contributed by atoms with Gasteiger partial charge >= 0.3 is 18.3 Å². The number of nitriles is 1. The van der Waals surface area contributed by atoms with E-state index in [9.17, 15) is 23.2 Å². The standard InChI is InChI=1S/C36H40F3N7O3/c1-43-18-7-12-31(43)35(15-16-35)49-33-41-29-23-44(30-11-6-5-10-28(30)36(37,38)39)19-14-27(29)32(42-33)45-20-21-46(26(22-45)13-17-40)34(47)48-24-25-8-3-2-4-9-25/h2-6,8-11,26,31H,7,12-16,18-24H2,1H3/t26-,31-/m0/s1. The minimum absolute atomic E-state index is 0.104. The summed E-state index contributed by atoms with van der Waals surface area (Å²) < 4.78 is 54.4. The maximum absolute atomic E-state index is 14.0. The molecule has 0 bridgehead atoms. The summed E-state index contributed by atoms with van der Waals surface area (Å²) in [4.78, 5) is 30.8. The largest absolute Gasteiger partial charge is 0.455 e. The molecule has 2 aromatic carbocycles. The molecule has 4 aliphatic rings. The van der Waals surface area contributed by atoms with Crippen molar-refractivity contribution in [2.75, 3.05) is 49.6 Å². The number of benzene rings is 2. The predicted molar refractivity (Wildman–Crippen MR) is 176 cm³/mol. The van der Waals surface area contributed by atoms with E-state index in [2.05, 4.69) is 22.9 Å². The Kier molecular flexibility index (Phi) is 9.00. The third kappa shape index (κ3) is 6.84. The third-order valence-corrected chi connectivity index (χ3v) is 10.3. The Balaban J connectivity index is 1.18. The van der Waals surface area contributed by atoms with Crippen molar-refractivity contribution in [3.8, 4) is 12.1 Å². The molecular formula is C36H40F3N7O3. The van der Waals surface area contributed by atoms with Crippen LogP contribution in [0.2, 0.25) is 0 Å². The van der Waals surface area contributed by atoms with Gasteiger partial charge in [0.15, 0.2) is 0 Å². The van der Waals surface area contributed by atoms with Crippen molar-refractivity contribution in [1.29, 1.82) is 5.26 Å². The molecule has 10 nitrogen and oxygen atoms in total. The Bertz CT molecular complexity index is 1710. The fourth-order valence-electron chi connectivity index (χ4n) is 7.64. The molecule has 2 atom stereocenters. The number of nitrogens with zero attached hydrogens (tertiary/aromatic N) is 7.